The summed E-state index contributed by atoms with van der Waals surface area (Å²) in [5, 5.41) is 25.6. The quantitative estimate of drug-likeness (QED) is 0.0763. The van der Waals surface area contributed by atoms with E-state index in [1.165, 1.54) is 22.3 Å². The first-order valence-electron chi connectivity index (χ1n) is 29.4. The van der Waals surface area contributed by atoms with Crippen molar-refractivity contribution in [3.63, 3.8) is 0 Å². The summed E-state index contributed by atoms with van der Waals surface area (Å²) in [5.41, 5.74) is 21.0. The standard InChI is InChI=1S/C21H16N2O.2C20H16N2O.C16H12N2O.CH4/c24-21-18-7-3-4-8-19(18)22-20(23-21)14-9-10-17-15(12-14)11-13-5-1-2-6-16(13)17;23-20-17-12-6-7-13-18(17)21-19(22-20)16-11-5-4-10-15(16)14-8-2-1-3-9-14;23-20-17-11-4-5-12-18(17)21-19(22-20)16-10-6-9-15(13-16)14-7-2-1-3-8-14;1-2-11-7-9-12(10-8-11)15-17-14-6-4-3-5-13(14)16(19)18-15;/h1-10,12,20,22H,11H2,(H,23,24);2*1-13,19,21H,(H,22,23);1,3-10,15,17H,(H,18,19);1H4. The van der Waals surface area contributed by atoms with E-state index in [-0.39, 0.29) is 55.7 Å². The minimum atomic E-state index is -0.242. The molecular formula is C78H64N8O4. The van der Waals surface area contributed by atoms with Crippen LogP contribution < -0.4 is 42.5 Å². The number of fused-ring (bicyclic) bond motifs is 7. The Morgan fingerprint density at radius 1 is 0.289 bits per heavy atom. The lowest BCUT2D eigenvalue weighted by atomic mass is 9.96. The number of para-hydroxylation sites is 4. The highest BCUT2D eigenvalue weighted by molar-refractivity contribution is 6.04. The molecular weight excluding hydrogens is 1110 g/mol. The van der Waals surface area contributed by atoms with Crippen LogP contribution in [0.1, 0.15) is 112 Å². The van der Waals surface area contributed by atoms with Crippen LogP contribution in [0.15, 0.2) is 273 Å². The van der Waals surface area contributed by atoms with E-state index in [0.717, 1.165) is 79.2 Å². The van der Waals surface area contributed by atoms with Crippen molar-refractivity contribution < 1.29 is 19.2 Å². The van der Waals surface area contributed by atoms with Crippen molar-refractivity contribution in [2.24, 2.45) is 0 Å². The molecule has 5 aliphatic rings. The van der Waals surface area contributed by atoms with Gasteiger partial charge in [0, 0.05) is 33.9 Å². The Hall–Kier alpha value is -11.9. The fourth-order valence-electron chi connectivity index (χ4n) is 11.8. The molecule has 0 saturated carbocycles. The third kappa shape index (κ3) is 12.5. The van der Waals surface area contributed by atoms with E-state index >= 15 is 0 Å². The molecule has 4 heterocycles. The normalized spacial score (nSPS) is 16.4. The lowest BCUT2D eigenvalue weighted by Crippen LogP contribution is -2.38. The molecule has 0 spiro atoms. The number of hydrogen-bond acceptors (Lipinski definition) is 8. The van der Waals surface area contributed by atoms with E-state index in [1.54, 1.807) is 6.07 Å². The lowest BCUT2D eigenvalue weighted by Gasteiger charge is -2.29. The average Bonchev–Trinajstić information content (AvgIpc) is 1.59. The smallest absolute Gasteiger partial charge is 0.255 e. The minimum Gasteiger partial charge on any atom is -0.361 e. The van der Waals surface area contributed by atoms with Crippen LogP contribution in [-0.2, 0) is 6.42 Å². The largest absolute Gasteiger partial charge is 0.361 e. The summed E-state index contributed by atoms with van der Waals surface area (Å²) in [4.78, 5) is 49.0. The van der Waals surface area contributed by atoms with E-state index in [0.29, 0.717) is 22.3 Å². The number of terminal acetylenes is 1. The summed E-state index contributed by atoms with van der Waals surface area (Å²) in [6.07, 6.45) is 5.40. The molecule has 4 atom stereocenters. The number of rotatable bonds is 6. The molecule has 1 aliphatic carbocycles. The molecule has 90 heavy (non-hydrogen) atoms. The third-order valence-corrected chi connectivity index (χ3v) is 16.2. The Bertz CT molecular complexity index is 4510. The van der Waals surface area contributed by atoms with Gasteiger partial charge in [-0.25, -0.2) is 0 Å². The van der Waals surface area contributed by atoms with Crippen LogP contribution >= 0.6 is 0 Å². The van der Waals surface area contributed by atoms with Gasteiger partial charge >= 0.3 is 0 Å². The van der Waals surface area contributed by atoms with Gasteiger partial charge in [0.1, 0.15) is 24.7 Å². The Labute approximate surface area is 523 Å². The molecule has 440 valence electrons. The summed E-state index contributed by atoms with van der Waals surface area (Å²) in [5.74, 6) is 2.38. The van der Waals surface area contributed by atoms with Gasteiger partial charge in [-0.1, -0.05) is 220 Å². The van der Waals surface area contributed by atoms with E-state index in [2.05, 4.69) is 133 Å². The molecule has 12 heteroatoms. The zero-order valence-electron chi connectivity index (χ0n) is 48.2. The van der Waals surface area contributed by atoms with Crippen molar-refractivity contribution in [2.45, 2.75) is 38.5 Å². The monoisotopic (exact) mass is 1180 g/mol. The molecule has 8 N–H and O–H groups in total. The zero-order valence-corrected chi connectivity index (χ0v) is 48.2. The number of nitrogens with one attached hydrogen (secondary N) is 8. The number of benzene rings is 11. The number of carbonyl (C=O) groups is 4. The SMILES string of the molecule is C.C#Cc1ccc(C2NC(=O)c3ccccc3N2)cc1.O=C1NC(c2ccc3c(c2)Cc2ccccc2-3)Nc2ccccc21.O=C1NC(c2cccc(-c3ccccc3)c2)Nc2ccccc21.O=C1NC(c2ccccc2-c2ccccc2)Nc2ccccc21. The van der Waals surface area contributed by atoms with Crippen LogP contribution in [-0.4, -0.2) is 23.6 Å². The maximum Gasteiger partial charge on any atom is 0.255 e. The highest BCUT2D eigenvalue weighted by Gasteiger charge is 2.29. The minimum absolute atomic E-state index is 0. The Morgan fingerprint density at radius 3 is 1.19 bits per heavy atom. The van der Waals surface area contributed by atoms with Crippen molar-refractivity contribution in [2.75, 3.05) is 21.3 Å². The van der Waals surface area contributed by atoms with Crippen LogP contribution in [0.4, 0.5) is 22.7 Å². The summed E-state index contributed by atoms with van der Waals surface area (Å²) >= 11 is 0. The molecule has 4 amide bonds. The van der Waals surface area contributed by atoms with E-state index in [9.17, 15) is 19.2 Å². The third-order valence-electron chi connectivity index (χ3n) is 16.2. The van der Waals surface area contributed by atoms with Crippen LogP contribution in [0.3, 0.4) is 0 Å². The van der Waals surface area contributed by atoms with Gasteiger partial charge in [-0.05, 0) is 134 Å². The van der Waals surface area contributed by atoms with Crippen LogP contribution in [0.25, 0.3) is 33.4 Å². The highest BCUT2D eigenvalue weighted by Crippen LogP contribution is 2.39. The number of hydrogen-bond donors (Lipinski definition) is 8. The van der Waals surface area contributed by atoms with Gasteiger partial charge in [-0.2, -0.15) is 0 Å². The number of amides is 4. The highest BCUT2D eigenvalue weighted by atomic mass is 16.2. The first-order chi connectivity index (χ1) is 43.7. The van der Waals surface area contributed by atoms with Crippen LogP contribution in [0.2, 0.25) is 0 Å². The van der Waals surface area contributed by atoms with Gasteiger partial charge in [-0.3, -0.25) is 19.2 Å². The van der Waals surface area contributed by atoms with E-state index in [4.69, 9.17) is 6.42 Å². The Morgan fingerprint density at radius 2 is 0.667 bits per heavy atom. The molecule has 4 aliphatic heterocycles. The first kappa shape index (κ1) is 58.4. The maximum absolute atomic E-state index is 12.4. The van der Waals surface area contributed by atoms with Gasteiger partial charge in [-0.15, -0.1) is 6.42 Å². The fraction of sp³-hybridized carbons (Fsp3) is 0.0769. The summed E-state index contributed by atoms with van der Waals surface area (Å²) in [6, 6.07) is 89.6. The average molecular weight is 1180 g/mol. The Kier molecular flexibility index (Phi) is 17.1. The topological polar surface area (TPSA) is 165 Å². The Balaban J connectivity index is 0.000000116. The van der Waals surface area contributed by atoms with Crippen LogP contribution in [0, 0.1) is 12.3 Å². The second-order valence-electron chi connectivity index (χ2n) is 21.8. The molecule has 12 nitrogen and oxygen atoms in total. The molecule has 0 bridgehead atoms. The van der Waals surface area contributed by atoms with E-state index < -0.39 is 0 Å². The maximum atomic E-state index is 12.4. The zero-order chi connectivity index (χ0) is 60.6. The fourth-order valence-corrected chi connectivity index (χ4v) is 11.8. The van der Waals surface area contributed by atoms with Gasteiger partial charge in [0.05, 0.1) is 22.3 Å². The molecule has 0 aromatic heterocycles. The van der Waals surface area contributed by atoms with Crippen molar-refractivity contribution in [1.29, 1.82) is 0 Å². The second-order valence-corrected chi connectivity index (χ2v) is 21.8. The second kappa shape index (κ2) is 26.4. The molecule has 0 fully saturated rings. The molecule has 0 radical (unpaired) electrons. The van der Waals surface area contributed by atoms with Crippen molar-refractivity contribution in [3.8, 4) is 45.7 Å². The van der Waals surface area contributed by atoms with Crippen molar-refractivity contribution in [1.82, 2.24) is 21.3 Å². The number of carbonyl (C=O) groups excluding carboxylic acids is 4. The van der Waals surface area contributed by atoms with Crippen molar-refractivity contribution in [3.05, 3.63) is 334 Å². The number of anilines is 4. The van der Waals surface area contributed by atoms with E-state index in [1.807, 2.05) is 182 Å². The van der Waals surface area contributed by atoms with Gasteiger partial charge in [0.25, 0.3) is 23.6 Å². The molecule has 11 aromatic rings. The predicted octanol–water partition coefficient (Wildman–Crippen LogP) is 15.7. The summed E-state index contributed by atoms with van der Waals surface area (Å²) < 4.78 is 0. The predicted molar refractivity (Wildman–Crippen MR) is 361 cm³/mol. The van der Waals surface area contributed by atoms with Crippen molar-refractivity contribution >= 4 is 46.4 Å². The summed E-state index contributed by atoms with van der Waals surface area (Å²) in [6.45, 7) is 0. The molecule has 0 saturated heterocycles. The van der Waals surface area contributed by atoms with Gasteiger partial charge < -0.3 is 42.5 Å². The lowest BCUT2D eigenvalue weighted by molar-refractivity contribution is 0.0927. The molecule has 16 rings (SSSR count). The molecule has 11 aromatic carbocycles. The first-order valence-corrected chi connectivity index (χ1v) is 29.4. The van der Waals surface area contributed by atoms with Gasteiger partial charge in [0.2, 0.25) is 0 Å². The van der Waals surface area contributed by atoms with Crippen LogP contribution in [0.5, 0.6) is 0 Å². The molecule has 4 unspecified atom stereocenters. The van der Waals surface area contributed by atoms with Gasteiger partial charge in [0.15, 0.2) is 0 Å². The summed E-state index contributed by atoms with van der Waals surface area (Å²) in [7, 11) is 0.